The number of piperazine rings is 1. The first-order valence-corrected chi connectivity index (χ1v) is 11.7. The zero-order valence-corrected chi connectivity index (χ0v) is 18.9. The van der Waals surface area contributed by atoms with E-state index in [1.54, 1.807) is 11.5 Å². The summed E-state index contributed by atoms with van der Waals surface area (Å²) in [5.41, 5.74) is 4.38. The van der Waals surface area contributed by atoms with Gasteiger partial charge in [-0.2, -0.15) is 4.99 Å². The number of urea groups is 1. The van der Waals surface area contributed by atoms with Gasteiger partial charge in [-0.25, -0.2) is 4.79 Å². The van der Waals surface area contributed by atoms with E-state index < -0.39 is 6.03 Å². The smallest absolute Gasteiger partial charge is 0.350 e. The van der Waals surface area contributed by atoms with E-state index in [2.05, 4.69) is 41.9 Å². The summed E-state index contributed by atoms with van der Waals surface area (Å²) >= 11 is 1.38. The Morgan fingerprint density at radius 2 is 1.90 bits per heavy atom. The average molecular weight is 441 g/mol. The summed E-state index contributed by atoms with van der Waals surface area (Å²) in [7, 11) is 0. The van der Waals surface area contributed by atoms with Gasteiger partial charge in [0.05, 0.1) is 5.71 Å². The first-order chi connectivity index (χ1) is 15.0. The molecule has 0 N–H and O–H groups in total. The second kappa shape index (κ2) is 9.26. The van der Waals surface area contributed by atoms with Gasteiger partial charge in [0.1, 0.15) is 5.25 Å². The number of imide groups is 1. The monoisotopic (exact) mass is 440 g/mol. The molecule has 31 heavy (non-hydrogen) atoms. The van der Waals surface area contributed by atoms with Crippen molar-refractivity contribution in [3.05, 3.63) is 40.8 Å². The Labute approximate surface area is 187 Å². The lowest BCUT2D eigenvalue weighted by Gasteiger charge is -2.37. The molecule has 1 unspecified atom stereocenters. The van der Waals surface area contributed by atoms with Gasteiger partial charge in [0.15, 0.2) is 0 Å². The predicted molar refractivity (Wildman–Crippen MR) is 124 cm³/mol. The van der Waals surface area contributed by atoms with Gasteiger partial charge in [0.2, 0.25) is 11.8 Å². The van der Waals surface area contributed by atoms with Crippen molar-refractivity contribution in [2.24, 2.45) is 4.99 Å². The first-order valence-electron chi connectivity index (χ1n) is 10.8. The number of benzene rings is 1. The highest BCUT2D eigenvalue weighted by molar-refractivity contribution is 8.04. The third kappa shape index (κ3) is 4.54. The molecule has 0 saturated carbocycles. The number of fused-ring (bicyclic) bond motifs is 1. The Morgan fingerprint density at radius 3 is 2.68 bits per heavy atom. The minimum absolute atomic E-state index is 0.146. The summed E-state index contributed by atoms with van der Waals surface area (Å²) in [4.78, 5) is 46.7. The Hall–Kier alpha value is -2.61. The molecular weight excluding hydrogens is 412 g/mol. The molecule has 3 aliphatic heterocycles. The van der Waals surface area contributed by atoms with Crippen molar-refractivity contribution in [2.45, 2.75) is 38.4 Å². The molecule has 0 spiro atoms. The topological polar surface area (TPSA) is 73.3 Å². The molecule has 7 nitrogen and oxygen atoms in total. The highest BCUT2D eigenvalue weighted by atomic mass is 32.2. The summed E-state index contributed by atoms with van der Waals surface area (Å²) < 4.78 is 0. The Morgan fingerprint density at radius 1 is 1.13 bits per heavy atom. The number of anilines is 1. The van der Waals surface area contributed by atoms with Gasteiger partial charge in [-0.1, -0.05) is 12.1 Å². The van der Waals surface area contributed by atoms with Crippen LogP contribution in [-0.4, -0.2) is 71.3 Å². The Balaban J connectivity index is 1.20. The van der Waals surface area contributed by atoms with Crippen molar-refractivity contribution < 1.29 is 14.4 Å². The fourth-order valence-electron chi connectivity index (χ4n) is 4.22. The van der Waals surface area contributed by atoms with Crippen molar-refractivity contribution in [3.63, 3.8) is 0 Å². The van der Waals surface area contributed by atoms with Crippen molar-refractivity contribution in [1.82, 2.24) is 9.80 Å². The van der Waals surface area contributed by atoms with Gasteiger partial charge in [0.25, 0.3) is 0 Å². The molecule has 3 heterocycles. The minimum atomic E-state index is -0.489. The summed E-state index contributed by atoms with van der Waals surface area (Å²) in [6.07, 6.45) is 3.43. The number of hydrogen-bond donors (Lipinski definition) is 0. The van der Waals surface area contributed by atoms with Gasteiger partial charge in [-0.3, -0.25) is 14.5 Å². The van der Waals surface area contributed by atoms with E-state index in [1.807, 2.05) is 4.90 Å². The number of aliphatic imine (C=N–C) groups is 1. The second-order valence-electron chi connectivity index (χ2n) is 8.17. The number of thioether (sulfide) groups is 1. The van der Waals surface area contributed by atoms with Crippen LogP contribution in [0.1, 0.15) is 30.4 Å². The standard InChI is InChI=1S/C23H28N4O3S/c1-16-6-5-7-19(17(16)2)25-11-13-26(14-12-25)20(28)8-3-4-10-27-22(29)21-18(9-15-31-21)24-23(27)30/h5-7,9,15,21H,3-4,8,10-14H2,1-2H3. The van der Waals surface area contributed by atoms with Crippen LogP contribution in [0.5, 0.6) is 0 Å². The van der Waals surface area contributed by atoms with Crippen molar-refractivity contribution in [1.29, 1.82) is 0 Å². The fraction of sp³-hybridized carbons (Fsp3) is 0.478. The summed E-state index contributed by atoms with van der Waals surface area (Å²) in [6, 6.07) is 5.87. The van der Waals surface area contributed by atoms with E-state index in [9.17, 15) is 14.4 Å². The molecule has 4 amide bonds. The highest BCUT2D eigenvalue weighted by Crippen LogP contribution is 2.28. The molecule has 1 aromatic rings. The van der Waals surface area contributed by atoms with Gasteiger partial charge in [-0.15, -0.1) is 11.8 Å². The zero-order chi connectivity index (χ0) is 22.0. The molecule has 0 aromatic heterocycles. The SMILES string of the molecule is Cc1cccc(N2CCN(C(=O)CCCCN3C(=O)N=C4C=CSC4C3=O)CC2)c1C. The van der Waals surface area contributed by atoms with Crippen LogP contribution < -0.4 is 4.90 Å². The molecule has 0 radical (unpaired) electrons. The van der Waals surface area contributed by atoms with Crippen LogP contribution >= 0.6 is 11.8 Å². The lowest BCUT2D eigenvalue weighted by atomic mass is 10.1. The lowest BCUT2D eigenvalue weighted by Crippen LogP contribution is -2.49. The molecule has 164 valence electrons. The largest absolute Gasteiger partial charge is 0.368 e. The second-order valence-corrected chi connectivity index (χ2v) is 9.19. The first kappa shape index (κ1) is 21.6. The van der Waals surface area contributed by atoms with Gasteiger partial charge in [-0.05, 0) is 55.4 Å². The summed E-state index contributed by atoms with van der Waals surface area (Å²) in [5.74, 6) is -0.0494. The number of nitrogens with zero attached hydrogens (tertiary/aromatic N) is 4. The number of carbonyl (C=O) groups is 3. The lowest BCUT2D eigenvalue weighted by molar-refractivity contribution is -0.131. The predicted octanol–water partition coefficient (Wildman–Crippen LogP) is 3.15. The number of hydrogen-bond acceptors (Lipinski definition) is 5. The number of aryl methyl sites for hydroxylation is 1. The van der Waals surface area contributed by atoms with Gasteiger partial charge < -0.3 is 9.80 Å². The van der Waals surface area contributed by atoms with Crippen LogP contribution in [0.4, 0.5) is 10.5 Å². The number of carbonyl (C=O) groups excluding carboxylic acids is 3. The molecule has 1 saturated heterocycles. The van der Waals surface area contributed by atoms with E-state index in [4.69, 9.17) is 0 Å². The van der Waals surface area contributed by atoms with Crippen molar-refractivity contribution >= 4 is 41.0 Å². The summed E-state index contributed by atoms with van der Waals surface area (Å²) in [5, 5.41) is 1.42. The maximum atomic E-state index is 12.6. The molecular formula is C23H28N4O3S. The number of rotatable bonds is 6. The Bertz CT molecular complexity index is 950. The molecule has 1 fully saturated rings. The minimum Gasteiger partial charge on any atom is -0.368 e. The van der Waals surface area contributed by atoms with Crippen LogP contribution in [0, 0.1) is 13.8 Å². The molecule has 1 atom stereocenters. The van der Waals surface area contributed by atoms with E-state index in [1.165, 1.54) is 33.5 Å². The van der Waals surface area contributed by atoms with E-state index >= 15 is 0 Å². The van der Waals surface area contributed by atoms with Gasteiger partial charge in [0, 0.05) is 44.8 Å². The number of allylic oxidation sites excluding steroid dienone is 1. The maximum Gasteiger partial charge on any atom is 0.350 e. The van der Waals surface area contributed by atoms with Crippen molar-refractivity contribution in [2.75, 3.05) is 37.6 Å². The third-order valence-corrected chi connectivity index (χ3v) is 7.25. The molecule has 8 heteroatoms. The van der Waals surface area contributed by atoms with E-state index in [0.29, 0.717) is 31.5 Å². The summed E-state index contributed by atoms with van der Waals surface area (Å²) in [6.45, 7) is 7.70. The van der Waals surface area contributed by atoms with Crippen LogP contribution in [0.25, 0.3) is 0 Å². The van der Waals surface area contributed by atoms with E-state index in [-0.39, 0.29) is 17.1 Å². The quantitative estimate of drug-likeness (QED) is 0.636. The van der Waals surface area contributed by atoms with Crippen LogP contribution in [0.2, 0.25) is 0 Å². The molecule has 1 aromatic carbocycles. The normalized spacial score (nSPS) is 20.9. The molecule has 3 aliphatic rings. The average Bonchev–Trinajstić information content (AvgIpc) is 3.23. The zero-order valence-electron chi connectivity index (χ0n) is 18.0. The maximum absolute atomic E-state index is 12.6. The van der Waals surface area contributed by atoms with Gasteiger partial charge >= 0.3 is 6.03 Å². The number of unbranched alkanes of at least 4 members (excludes halogenated alkanes) is 1. The molecule has 0 bridgehead atoms. The third-order valence-electron chi connectivity index (χ3n) is 6.24. The molecule has 4 rings (SSSR count). The van der Waals surface area contributed by atoms with Crippen LogP contribution in [0.15, 0.2) is 34.7 Å². The van der Waals surface area contributed by atoms with Crippen LogP contribution in [-0.2, 0) is 9.59 Å². The Kier molecular flexibility index (Phi) is 6.46. The van der Waals surface area contributed by atoms with E-state index in [0.717, 1.165) is 26.2 Å². The molecule has 0 aliphatic carbocycles. The number of amides is 4. The van der Waals surface area contributed by atoms with Crippen LogP contribution in [0.3, 0.4) is 0 Å². The van der Waals surface area contributed by atoms with Crippen molar-refractivity contribution in [3.8, 4) is 0 Å². The highest BCUT2D eigenvalue weighted by Gasteiger charge is 2.38. The fourth-order valence-corrected chi connectivity index (χ4v) is 5.11.